The van der Waals surface area contributed by atoms with Crippen LogP contribution in [0.2, 0.25) is 5.02 Å². The molecule has 0 aliphatic carbocycles. The fourth-order valence-electron chi connectivity index (χ4n) is 1.48. The van der Waals surface area contributed by atoms with Gasteiger partial charge in [-0.25, -0.2) is 9.79 Å². The summed E-state index contributed by atoms with van der Waals surface area (Å²) in [6.45, 7) is 3.49. The molecule has 0 spiro atoms. The summed E-state index contributed by atoms with van der Waals surface area (Å²) >= 11 is 5.79. The lowest BCUT2D eigenvalue weighted by Crippen LogP contribution is -2.01. The van der Waals surface area contributed by atoms with E-state index in [0.717, 1.165) is 11.1 Å². The highest BCUT2D eigenvalue weighted by Crippen LogP contribution is 2.24. The monoisotopic (exact) mass is 235 g/mol. The summed E-state index contributed by atoms with van der Waals surface area (Å²) in [5, 5.41) is 0.662. The van der Waals surface area contributed by atoms with Crippen LogP contribution in [0.5, 0.6) is 0 Å². The SMILES string of the molecule is CC1=NC(=C(C)c2ccc(Cl)cc2)C(=O)O1. The Morgan fingerprint density at radius 3 is 2.44 bits per heavy atom. The highest BCUT2D eigenvalue weighted by atomic mass is 35.5. The number of allylic oxidation sites excluding steroid dienone is 1. The molecule has 0 N–H and O–H groups in total. The molecule has 4 heteroatoms. The number of rotatable bonds is 1. The van der Waals surface area contributed by atoms with E-state index < -0.39 is 5.97 Å². The minimum Gasteiger partial charge on any atom is -0.407 e. The molecule has 0 atom stereocenters. The Morgan fingerprint density at radius 1 is 1.31 bits per heavy atom. The largest absolute Gasteiger partial charge is 0.407 e. The lowest BCUT2D eigenvalue weighted by atomic mass is 10.1. The van der Waals surface area contributed by atoms with Crippen LogP contribution in [0.15, 0.2) is 35.0 Å². The Bertz CT molecular complexity index is 500. The first-order chi connectivity index (χ1) is 7.58. The van der Waals surface area contributed by atoms with Gasteiger partial charge in [-0.15, -0.1) is 0 Å². The van der Waals surface area contributed by atoms with Crippen molar-refractivity contribution in [2.24, 2.45) is 4.99 Å². The summed E-state index contributed by atoms with van der Waals surface area (Å²) in [7, 11) is 0. The summed E-state index contributed by atoms with van der Waals surface area (Å²) in [4.78, 5) is 15.5. The highest BCUT2D eigenvalue weighted by Gasteiger charge is 2.22. The van der Waals surface area contributed by atoms with Crippen LogP contribution in [0.25, 0.3) is 5.57 Å². The van der Waals surface area contributed by atoms with Crippen molar-refractivity contribution in [3.05, 3.63) is 40.5 Å². The molecule has 16 heavy (non-hydrogen) atoms. The minimum atomic E-state index is -0.398. The van der Waals surface area contributed by atoms with E-state index in [1.807, 2.05) is 19.1 Å². The number of carbonyl (C=O) groups excluding carboxylic acids is 1. The van der Waals surface area contributed by atoms with E-state index in [-0.39, 0.29) is 0 Å². The molecule has 0 amide bonds. The predicted molar refractivity (Wildman–Crippen MR) is 63.2 cm³/mol. The number of nitrogens with zero attached hydrogens (tertiary/aromatic N) is 1. The topological polar surface area (TPSA) is 38.7 Å². The number of aliphatic imine (C=N–C) groups is 1. The Morgan fingerprint density at radius 2 is 1.94 bits per heavy atom. The first-order valence-electron chi connectivity index (χ1n) is 4.82. The van der Waals surface area contributed by atoms with E-state index >= 15 is 0 Å². The fourth-order valence-corrected chi connectivity index (χ4v) is 1.61. The zero-order chi connectivity index (χ0) is 11.7. The van der Waals surface area contributed by atoms with E-state index in [1.165, 1.54) is 0 Å². The number of cyclic esters (lactones) is 1. The van der Waals surface area contributed by atoms with Crippen molar-refractivity contribution in [1.82, 2.24) is 0 Å². The van der Waals surface area contributed by atoms with Gasteiger partial charge in [0.05, 0.1) is 0 Å². The van der Waals surface area contributed by atoms with Crippen molar-refractivity contribution >= 4 is 29.0 Å². The number of hydrogen-bond donors (Lipinski definition) is 0. The third-order valence-electron chi connectivity index (χ3n) is 2.34. The van der Waals surface area contributed by atoms with Crippen LogP contribution in [0.1, 0.15) is 19.4 Å². The van der Waals surface area contributed by atoms with Crippen molar-refractivity contribution in [3.8, 4) is 0 Å². The number of halogens is 1. The molecule has 0 aromatic heterocycles. The van der Waals surface area contributed by atoms with Crippen LogP contribution in [-0.2, 0) is 9.53 Å². The van der Waals surface area contributed by atoms with Gasteiger partial charge >= 0.3 is 5.97 Å². The number of benzene rings is 1. The average molecular weight is 236 g/mol. The highest BCUT2D eigenvalue weighted by molar-refractivity contribution is 6.30. The number of hydrogen-bond acceptors (Lipinski definition) is 3. The second-order valence-corrected chi connectivity index (χ2v) is 3.94. The zero-order valence-electron chi connectivity index (χ0n) is 8.95. The lowest BCUT2D eigenvalue weighted by Gasteiger charge is -2.02. The second kappa shape index (κ2) is 4.10. The van der Waals surface area contributed by atoms with E-state index in [4.69, 9.17) is 16.3 Å². The molecule has 0 fully saturated rings. The molecule has 0 saturated carbocycles. The van der Waals surface area contributed by atoms with Crippen LogP contribution in [-0.4, -0.2) is 11.9 Å². The Kier molecular flexibility index (Phi) is 2.79. The fraction of sp³-hybridized carbons (Fsp3) is 0.167. The molecule has 0 saturated heterocycles. The predicted octanol–water partition coefficient (Wildman–Crippen LogP) is 3.05. The van der Waals surface area contributed by atoms with Crippen molar-refractivity contribution in [1.29, 1.82) is 0 Å². The van der Waals surface area contributed by atoms with Crippen molar-refractivity contribution in [3.63, 3.8) is 0 Å². The maximum Gasteiger partial charge on any atom is 0.363 e. The maximum atomic E-state index is 11.4. The van der Waals surface area contributed by atoms with E-state index in [1.54, 1.807) is 19.1 Å². The molecule has 0 unspecified atom stereocenters. The van der Waals surface area contributed by atoms with Gasteiger partial charge < -0.3 is 4.74 Å². The smallest absolute Gasteiger partial charge is 0.363 e. The summed E-state index contributed by atoms with van der Waals surface area (Å²) in [6.07, 6.45) is 0. The minimum absolute atomic E-state index is 0.361. The Hall–Kier alpha value is -1.61. The van der Waals surface area contributed by atoms with Gasteiger partial charge in [0.1, 0.15) is 0 Å². The van der Waals surface area contributed by atoms with Crippen LogP contribution in [0.4, 0.5) is 0 Å². The molecule has 1 heterocycles. The van der Waals surface area contributed by atoms with Gasteiger partial charge in [-0.05, 0) is 30.2 Å². The molecular formula is C12H10ClNO2. The molecule has 1 aromatic rings. The summed E-state index contributed by atoms with van der Waals surface area (Å²) < 4.78 is 4.87. The first-order valence-corrected chi connectivity index (χ1v) is 5.20. The number of carbonyl (C=O) groups is 1. The van der Waals surface area contributed by atoms with Crippen LogP contribution in [0.3, 0.4) is 0 Å². The van der Waals surface area contributed by atoms with Crippen LogP contribution in [0, 0.1) is 0 Å². The average Bonchev–Trinajstić information content (AvgIpc) is 2.58. The standard InChI is InChI=1S/C12H10ClNO2/c1-7(9-3-5-10(13)6-4-9)11-12(15)16-8(2)14-11/h3-6H,1-2H3. The van der Waals surface area contributed by atoms with Gasteiger partial charge in [0.25, 0.3) is 0 Å². The molecule has 82 valence electrons. The summed E-state index contributed by atoms with van der Waals surface area (Å²) in [5.41, 5.74) is 2.06. The summed E-state index contributed by atoms with van der Waals surface area (Å²) in [5.74, 6) is -0.0155. The quantitative estimate of drug-likeness (QED) is 0.554. The lowest BCUT2D eigenvalue weighted by molar-refractivity contribution is -0.130. The third kappa shape index (κ3) is 1.99. The summed E-state index contributed by atoms with van der Waals surface area (Å²) in [6, 6.07) is 7.25. The van der Waals surface area contributed by atoms with Gasteiger partial charge in [-0.3, -0.25) is 0 Å². The first kappa shape index (κ1) is 10.9. The Balaban J connectivity index is 2.45. The molecule has 1 aliphatic rings. The van der Waals surface area contributed by atoms with Gasteiger partial charge in [-0.2, -0.15) is 0 Å². The molecule has 3 nitrogen and oxygen atoms in total. The molecule has 0 bridgehead atoms. The van der Waals surface area contributed by atoms with E-state index in [9.17, 15) is 4.79 Å². The van der Waals surface area contributed by atoms with Crippen LogP contribution >= 0.6 is 11.6 Å². The number of ether oxygens (including phenoxy) is 1. The molecular weight excluding hydrogens is 226 g/mol. The second-order valence-electron chi connectivity index (χ2n) is 3.50. The molecule has 2 rings (SSSR count). The van der Waals surface area contributed by atoms with Gasteiger partial charge in [0.2, 0.25) is 0 Å². The molecule has 0 radical (unpaired) electrons. The van der Waals surface area contributed by atoms with Crippen molar-refractivity contribution in [2.45, 2.75) is 13.8 Å². The van der Waals surface area contributed by atoms with Gasteiger partial charge in [-0.1, -0.05) is 23.7 Å². The Labute approximate surface area is 98.4 Å². The van der Waals surface area contributed by atoms with E-state index in [0.29, 0.717) is 16.6 Å². The van der Waals surface area contributed by atoms with Crippen LogP contribution < -0.4 is 0 Å². The van der Waals surface area contributed by atoms with E-state index in [2.05, 4.69) is 4.99 Å². The zero-order valence-corrected chi connectivity index (χ0v) is 9.71. The molecule has 1 aromatic carbocycles. The van der Waals surface area contributed by atoms with Gasteiger partial charge in [0, 0.05) is 11.9 Å². The van der Waals surface area contributed by atoms with Gasteiger partial charge in [0.15, 0.2) is 11.6 Å². The third-order valence-corrected chi connectivity index (χ3v) is 2.59. The maximum absolute atomic E-state index is 11.4. The number of esters is 1. The van der Waals surface area contributed by atoms with Crippen molar-refractivity contribution in [2.75, 3.05) is 0 Å². The van der Waals surface area contributed by atoms with Crippen molar-refractivity contribution < 1.29 is 9.53 Å². The molecule has 1 aliphatic heterocycles. The normalized spacial score (nSPS) is 18.2.